The third-order valence-electron chi connectivity index (χ3n) is 7.32. The molecule has 0 fully saturated rings. The summed E-state index contributed by atoms with van der Waals surface area (Å²) in [4.78, 5) is 53.2. The van der Waals surface area contributed by atoms with E-state index in [-0.39, 0.29) is 73.5 Å². The van der Waals surface area contributed by atoms with Crippen molar-refractivity contribution in [2.24, 2.45) is 0 Å². The Hall–Kier alpha value is -5.74. The van der Waals surface area contributed by atoms with Crippen molar-refractivity contribution in [2.75, 3.05) is 5.32 Å². The number of halogens is 1. The van der Waals surface area contributed by atoms with Crippen LogP contribution in [0.5, 0.6) is 5.75 Å². The van der Waals surface area contributed by atoms with Crippen molar-refractivity contribution in [1.29, 1.82) is 0 Å². The Labute approximate surface area is 253 Å². The van der Waals surface area contributed by atoms with E-state index in [2.05, 4.69) is 10.3 Å². The van der Waals surface area contributed by atoms with E-state index in [0.29, 0.717) is 16.6 Å². The number of pyridine rings is 1. The lowest BCUT2D eigenvalue weighted by Crippen LogP contribution is -2.08. The van der Waals surface area contributed by atoms with Gasteiger partial charge in [-0.25, -0.2) is 14.6 Å². The average molecular weight is 609 g/mol. The summed E-state index contributed by atoms with van der Waals surface area (Å²) in [5.41, 5.74) is 1.45. The van der Waals surface area contributed by atoms with Crippen LogP contribution in [0.1, 0.15) is 43.7 Å². The van der Waals surface area contributed by atoms with Crippen LogP contribution in [-0.2, 0) is 6.54 Å². The summed E-state index contributed by atoms with van der Waals surface area (Å²) in [7, 11) is 0. The van der Waals surface area contributed by atoms with Crippen LogP contribution in [-0.4, -0.2) is 38.0 Å². The molecule has 4 aromatic rings. The molecule has 2 aliphatic rings. The fraction of sp³-hybridized carbons (Fsp3) is 0.0606. The number of hydrogen-bond acceptors (Lipinski definition) is 8. The molecular formula is C33H21ClN2O8. The number of nitrogens with zero attached hydrogens (tertiary/aromatic N) is 1. The SMILES string of the molecule is CC(=O)c1ccc2cccc(NCc3c(O)ccc4c(-c5cc(C(=O)O)ccc5C(=O)O)c5cc(Cl)c(=O)cc-5oc34)c2n1. The third-order valence-corrected chi connectivity index (χ3v) is 7.62. The molecular weight excluding hydrogens is 588 g/mol. The van der Waals surface area contributed by atoms with Crippen LogP contribution in [0.2, 0.25) is 5.02 Å². The highest BCUT2D eigenvalue weighted by atomic mass is 35.5. The highest BCUT2D eigenvalue weighted by Gasteiger charge is 2.26. The molecule has 0 spiro atoms. The lowest BCUT2D eigenvalue weighted by Gasteiger charge is -2.20. The van der Waals surface area contributed by atoms with Gasteiger partial charge in [0.05, 0.1) is 32.9 Å². The number of carboxylic acid groups (broad SMARTS) is 2. The molecule has 4 N–H and O–H groups in total. The summed E-state index contributed by atoms with van der Waals surface area (Å²) in [6.45, 7) is 1.41. The standard InChI is InChI=1S/C33H21ClN2O8/c1-15(37)24-9-6-16-3-2-4-25(30(16)36-24)35-14-22-26(38)10-8-19-29(20-11-17(32(40)41)5-7-18(20)33(42)43)21-12-23(34)27(39)13-28(21)44-31(19)22/h2-13,35,38H,14H2,1H3,(H,40,41)(H,42,43). The molecule has 0 amide bonds. The molecule has 10 nitrogen and oxygen atoms in total. The van der Waals surface area contributed by atoms with Crippen molar-refractivity contribution in [3.63, 3.8) is 0 Å². The van der Waals surface area contributed by atoms with Crippen LogP contribution in [0.3, 0.4) is 0 Å². The van der Waals surface area contributed by atoms with Crippen molar-refractivity contribution in [3.05, 3.63) is 110 Å². The molecule has 2 heterocycles. The number of phenols is 1. The monoisotopic (exact) mass is 608 g/mol. The molecule has 0 saturated heterocycles. The number of para-hydroxylation sites is 1. The Balaban J connectivity index is 1.61. The number of Topliss-reactive ketones (excluding diaryl/α,β-unsaturated/α-hetero) is 1. The highest BCUT2D eigenvalue weighted by molar-refractivity contribution is 6.31. The summed E-state index contributed by atoms with van der Waals surface area (Å²) in [5.74, 6) is -2.89. The number of aromatic carboxylic acids is 2. The predicted octanol–water partition coefficient (Wildman–Crippen LogP) is 6.68. The predicted molar refractivity (Wildman–Crippen MR) is 164 cm³/mol. The first-order valence-corrected chi connectivity index (χ1v) is 13.6. The van der Waals surface area contributed by atoms with Crippen LogP contribution in [0, 0.1) is 0 Å². The quantitative estimate of drug-likeness (QED) is 0.113. The van der Waals surface area contributed by atoms with E-state index >= 15 is 0 Å². The van der Waals surface area contributed by atoms with Gasteiger partial charge in [-0.1, -0.05) is 29.8 Å². The van der Waals surface area contributed by atoms with Gasteiger partial charge in [0.25, 0.3) is 0 Å². The van der Waals surface area contributed by atoms with Gasteiger partial charge in [-0.2, -0.15) is 0 Å². The number of rotatable bonds is 7. The lowest BCUT2D eigenvalue weighted by atomic mass is 9.89. The number of anilines is 1. The van der Waals surface area contributed by atoms with Crippen LogP contribution < -0.4 is 10.7 Å². The second-order valence-electron chi connectivity index (χ2n) is 10.0. The van der Waals surface area contributed by atoms with E-state index in [0.717, 1.165) is 11.5 Å². The van der Waals surface area contributed by atoms with E-state index < -0.39 is 17.4 Å². The first-order chi connectivity index (χ1) is 21.0. The Morgan fingerprint density at radius 1 is 0.932 bits per heavy atom. The van der Waals surface area contributed by atoms with Gasteiger partial charge in [0.15, 0.2) is 5.78 Å². The Bertz CT molecular complexity index is 2220. The number of benzene rings is 4. The Kier molecular flexibility index (Phi) is 6.99. The van der Waals surface area contributed by atoms with E-state index in [9.17, 15) is 34.5 Å². The zero-order valence-corrected chi connectivity index (χ0v) is 23.6. The molecule has 6 rings (SSSR count). The number of aromatic hydroxyl groups is 1. The maximum atomic E-state index is 12.5. The molecule has 3 aromatic carbocycles. The maximum absolute atomic E-state index is 12.5. The molecule has 11 heteroatoms. The van der Waals surface area contributed by atoms with Crippen molar-refractivity contribution < 1.29 is 34.1 Å². The number of aromatic nitrogens is 1. The normalized spacial score (nSPS) is 11.2. The van der Waals surface area contributed by atoms with E-state index in [1.807, 2.05) is 6.07 Å². The highest BCUT2D eigenvalue weighted by Crippen LogP contribution is 2.44. The molecule has 0 atom stereocenters. The van der Waals surface area contributed by atoms with Gasteiger partial charge in [-0.3, -0.25) is 9.59 Å². The van der Waals surface area contributed by atoms with Gasteiger partial charge in [0, 0.05) is 41.4 Å². The van der Waals surface area contributed by atoms with Crippen molar-refractivity contribution in [2.45, 2.75) is 13.5 Å². The molecule has 218 valence electrons. The fourth-order valence-corrected chi connectivity index (χ4v) is 5.37. The summed E-state index contributed by atoms with van der Waals surface area (Å²) >= 11 is 6.19. The number of carbonyl (C=O) groups excluding carboxylic acids is 1. The molecule has 0 bridgehead atoms. The molecule has 44 heavy (non-hydrogen) atoms. The second kappa shape index (κ2) is 10.8. The number of phenolic OH excluding ortho intramolecular Hbond substituents is 1. The number of ketones is 1. The van der Waals surface area contributed by atoms with E-state index in [1.165, 1.54) is 43.3 Å². The van der Waals surface area contributed by atoms with Crippen molar-refractivity contribution in [3.8, 4) is 28.2 Å². The topological polar surface area (TPSA) is 167 Å². The zero-order chi connectivity index (χ0) is 31.3. The fourth-order valence-electron chi connectivity index (χ4n) is 5.20. The van der Waals surface area contributed by atoms with Crippen molar-refractivity contribution in [1.82, 2.24) is 4.98 Å². The average Bonchev–Trinajstić information content (AvgIpc) is 2.99. The molecule has 1 aliphatic carbocycles. The lowest BCUT2D eigenvalue weighted by molar-refractivity contribution is 0.0682. The Morgan fingerprint density at radius 3 is 2.45 bits per heavy atom. The van der Waals surface area contributed by atoms with Gasteiger partial charge in [-0.05, 0) is 54.1 Å². The van der Waals surface area contributed by atoms with Crippen LogP contribution in [0.15, 0.2) is 82.0 Å². The number of nitrogens with one attached hydrogen (secondary N) is 1. The number of carboxylic acids is 2. The summed E-state index contributed by atoms with van der Waals surface area (Å²) in [5, 5.41) is 34.9. The first-order valence-electron chi connectivity index (χ1n) is 13.2. The van der Waals surface area contributed by atoms with E-state index in [1.54, 1.807) is 24.3 Å². The number of fused-ring (bicyclic) bond motifs is 3. The molecule has 0 saturated carbocycles. The van der Waals surface area contributed by atoms with Gasteiger partial charge in [-0.15, -0.1) is 0 Å². The molecule has 1 aromatic heterocycles. The second-order valence-corrected chi connectivity index (χ2v) is 10.5. The number of hydrogen-bond donors (Lipinski definition) is 4. The van der Waals surface area contributed by atoms with E-state index in [4.69, 9.17) is 16.0 Å². The van der Waals surface area contributed by atoms with Crippen molar-refractivity contribution >= 4 is 56.9 Å². The third kappa shape index (κ3) is 4.87. The minimum atomic E-state index is -1.31. The summed E-state index contributed by atoms with van der Waals surface area (Å²) < 4.78 is 6.18. The minimum absolute atomic E-state index is 0.0124. The smallest absolute Gasteiger partial charge is 0.336 e. The molecule has 0 unspecified atom stereocenters. The van der Waals surface area contributed by atoms with Gasteiger partial charge >= 0.3 is 11.9 Å². The van der Waals surface area contributed by atoms with Gasteiger partial charge in [0.2, 0.25) is 5.43 Å². The molecule has 1 aliphatic heterocycles. The van der Waals surface area contributed by atoms with Gasteiger partial charge in [0.1, 0.15) is 22.8 Å². The molecule has 0 radical (unpaired) electrons. The largest absolute Gasteiger partial charge is 0.507 e. The van der Waals surface area contributed by atoms with Gasteiger partial charge < -0.3 is 25.1 Å². The number of carbonyl (C=O) groups is 3. The summed E-state index contributed by atoms with van der Waals surface area (Å²) in [6.07, 6.45) is 0. The first kappa shape index (κ1) is 28.4. The summed E-state index contributed by atoms with van der Waals surface area (Å²) in [6, 6.07) is 17.9. The van der Waals surface area contributed by atoms with Crippen LogP contribution >= 0.6 is 11.6 Å². The minimum Gasteiger partial charge on any atom is -0.507 e. The maximum Gasteiger partial charge on any atom is 0.336 e. The zero-order valence-electron chi connectivity index (χ0n) is 22.8. The van der Waals surface area contributed by atoms with Crippen LogP contribution in [0.4, 0.5) is 5.69 Å². The van der Waals surface area contributed by atoms with Crippen LogP contribution in [0.25, 0.3) is 44.3 Å². The Morgan fingerprint density at radius 2 is 1.73 bits per heavy atom.